The Kier molecular flexibility index (Phi) is 4.23. The molecular formula is C19H23NO. The molecule has 1 aromatic heterocycles. The summed E-state index contributed by atoms with van der Waals surface area (Å²) in [5.41, 5.74) is 2.48. The van der Waals surface area contributed by atoms with Gasteiger partial charge in [-0.2, -0.15) is 0 Å². The number of hydrogen-bond acceptors (Lipinski definition) is 1. The molecular weight excluding hydrogens is 258 g/mol. The fourth-order valence-corrected chi connectivity index (χ4v) is 3.36. The fourth-order valence-electron chi connectivity index (χ4n) is 3.36. The van der Waals surface area contributed by atoms with E-state index in [1.54, 1.807) is 0 Å². The molecule has 1 atom stereocenters. The number of benzene rings is 1. The SMILES string of the molecule is CCC=CCCC1CCc2cc(=O)c3ccccc3n2C1. The lowest BCUT2D eigenvalue weighted by molar-refractivity contribution is 0.354. The second-order valence-electron chi connectivity index (χ2n) is 5.99. The van der Waals surface area contributed by atoms with Crippen molar-refractivity contribution in [3.05, 3.63) is 58.4 Å². The van der Waals surface area contributed by atoms with Crippen molar-refractivity contribution in [2.45, 2.75) is 45.6 Å². The largest absolute Gasteiger partial charge is 0.344 e. The van der Waals surface area contributed by atoms with Gasteiger partial charge in [-0.05, 0) is 50.2 Å². The summed E-state index contributed by atoms with van der Waals surface area (Å²) in [5.74, 6) is 0.727. The van der Waals surface area contributed by atoms with Crippen molar-refractivity contribution in [1.82, 2.24) is 4.57 Å². The Hall–Kier alpha value is -1.83. The molecule has 2 heteroatoms. The lowest BCUT2D eigenvalue weighted by Gasteiger charge is -2.28. The van der Waals surface area contributed by atoms with E-state index < -0.39 is 0 Å². The van der Waals surface area contributed by atoms with Crippen LogP contribution in [-0.2, 0) is 13.0 Å². The molecule has 3 rings (SSSR count). The van der Waals surface area contributed by atoms with E-state index in [2.05, 4.69) is 29.7 Å². The van der Waals surface area contributed by atoms with Gasteiger partial charge in [0.25, 0.3) is 0 Å². The first kappa shape index (κ1) is 14.1. The molecule has 21 heavy (non-hydrogen) atoms. The van der Waals surface area contributed by atoms with Crippen molar-refractivity contribution in [2.24, 2.45) is 5.92 Å². The number of nitrogens with zero attached hydrogens (tertiary/aromatic N) is 1. The molecule has 0 amide bonds. The van der Waals surface area contributed by atoms with Gasteiger partial charge in [-0.3, -0.25) is 4.79 Å². The lowest BCUT2D eigenvalue weighted by Crippen LogP contribution is -2.24. The average molecular weight is 281 g/mol. The van der Waals surface area contributed by atoms with Crippen molar-refractivity contribution < 1.29 is 0 Å². The van der Waals surface area contributed by atoms with E-state index in [9.17, 15) is 4.79 Å². The molecule has 0 radical (unpaired) electrons. The van der Waals surface area contributed by atoms with Crippen LogP contribution in [0.3, 0.4) is 0 Å². The normalized spacial score (nSPS) is 18.2. The summed E-state index contributed by atoms with van der Waals surface area (Å²) >= 11 is 0. The lowest BCUT2D eigenvalue weighted by atomic mass is 9.92. The van der Waals surface area contributed by atoms with Gasteiger partial charge in [-0.1, -0.05) is 31.2 Å². The second kappa shape index (κ2) is 6.30. The molecule has 110 valence electrons. The highest BCUT2D eigenvalue weighted by atomic mass is 16.1. The minimum Gasteiger partial charge on any atom is -0.344 e. The van der Waals surface area contributed by atoms with Crippen LogP contribution in [0.2, 0.25) is 0 Å². The number of para-hydroxylation sites is 1. The Balaban J connectivity index is 1.86. The van der Waals surface area contributed by atoms with Crippen molar-refractivity contribution in [1.29, 1.82) is 0 Å². The maximum absolute atomic E-state index is 12.2. The molecule has 2 heterocycles. The number of aryl methyl sites for hydroxylation is 1. The molecule has 1 aliphatic rings. The summed E-state index contributed by atoms with van der Waals surface area (Å²) in [6.07, 6.45) is 10.3. The maximum atomic E-state index is 12.2. The van der Waals surface area contributed by atoms with E-state index in [-0.39, 0.29) is 5.43 Å². The number of hydrogen-bond donors (Lipinski definition) is 0. The predicted octanol–water partition coefficient (Wildman–Crippen LogP) is 4.31. The molecule has 2 aromatic rings. The van der Waals surface area contributed by atoms with Crippen LogP contribution in [0.1, 0.15) is 38.3 Å². The van der Waals surface area contributed by atoms with Crippen LogP contribution in [0.15, 0.2) is 47.3 Å². The smallest absolute Gasteiger partial charge is 0.189 e. The average Bonchev–Trinajstić information content (AvgIpc) is 2.52. The minimum absolute atomic E-state index is 0.168. The zero-order valence-electron chi connectivity index (χ0n) is 12.7. The molecule has 1 aromatic carbocycles. The van der Waals surface area contributed by atoms with Gasteiger partial charge in [0, 0.05) is 23.7 Å². The monoisotopic (exact) mass is 281 g/mol. The third-order valence-corrected chi connectivity index (χ3v) is 4.50. The van der Waals surface area contributed by atoms with Gasteiger partial charge >= 0.3 is 0 Å². The van der Waals surface area contributed by atoms with E-state index in [0.717, 1.165) is 36.2 Å². The molecule has 0 N–H and O–H groups in total. The van der Waals surface area contributed by atoms with Crippen LogP contribution in [0.4, 0.5) is 0 Å². The van der Waals surface area contributed by atoms with Gasteiger partial charge in [-0.15, -0.1) is 0 Å². The highest BCUT2D eigenvalue weighted by molar-refractivity contribution is 5.79. The minimum atomic E-state index is 0.168. The number of rotatable bonds is 4. The molecule has 0 saturated heterocycles. The first-order chi connectivity index (χ1) is 10.3. The summed E-state index contributed by atoms with van der Waals surface area (Å²) in [5, 5.41) is 0.854. The standard InChI is InChI=1S/C19H23NO/c1-2-3-4-5-8-15-11-12-16-13-19(21)17-9-6-7-10-18(17)20(16)14-15/h3-4,6-7,9-10,13,15H,2,5,8,11-12,14H2,1H3. The summed E-state index contributed by atoms with van der Waals surface area (Å²) in [6, 6.07) is 9.85. The van der Waals surface area contributed by atoms with E-state index in [0.29, 0.717) is 0 Å². The van der Waals surface area contributed by atoms with Crippen molar-refractivity contribution in [3.8, 4) is 0 Å². The predicted molar refractivity (Wildman–Crippen MR) is 88.7 cm³/mol. The summed E-state index contributed by atoms with van der Waals surface area (Å²) in [4.78, 5) is 12.2. The van der Waals surface area contributed by atoms with Gasteiger partial charge in [0.15, 0.2) is 5.43 Å². The van der Waals surface area contributed by atoms with E-state index in [4.69, 9.17) is 0 Å². The quantitative estimate of drug-likeness (QED) is 0.765. The van der Waals surface area contributed by atoms with Crippen LogP contribution in [0.5, 0.6) is 0 Å². The van der Waals surface area contributed by atoms with Crippen LogP contribution < -0.4 is 5.43 Å². The van der Waals surface area contributed by atoms with Gasteiger partial charge in [0.1, 0.15) is 0 Å². The molecule has 1 aliphatic heterocycles. The number of pyridine rings is 1. The number of fused-ring (bicyclic) bond motifs is 3. The van der Waals surface area contributed by atoms with Crippen molar-refractivity contribution in [3.63, 3.8) is 0 Å². The second-order valence-corrected chi connectivity index (χ2v) is 5.99. The Morgan fingerprint density at radius 3 is 3.00 bits per heavy atom. The van der Waals surface area contributed by atoms with Crippen LogP contribution >= 0.6 is 0 Å². The zero-order chi connectivity index (χ0) is 14.7. The molecule has 0 aliphatic carbocycles. The Labute approximate surface area is 126 Å². The highest BCUT2D eigenvalue weighted by Crippen LogP contribution is 2.26. The van der Waals surface area contributed by atoms with Gasteiger partial charge in [0.05, 0.1) is 5.52 Å². The van der Waals surface area contributed by atoms with Gasteiger partial charge in [-0.25, -0.2) is 0 Å². The zero-order valence-corrected chi connectivity index (χ0v) is 12.7. The molecule has 0 bridgehead atoms. The van der Waals surface area contributed by atoms with Crippen molar-refractivity contribution >= 4 is 10.9 Å². The molecule has 2 nitrogen and oxygen atoms in total. The van der Waals surface area contributed by atoms with Crippen molar-refractivity contribution in [2.75, 3.05) is 0 Å². The maximum Gasteiger partial charge on any atom is 0.189 e. The molecule has 0 saturated carbocycles. The first-order valence-corrected chi connectivity index (χ1v) is 8.06. The third-order valence-electron chi connectivity index (χ3n) is 4.50. The van der Waals surface area contributed by atoms with Gasteiger partial charge in [0.2, 0.25) is 0 Å². The van der Waals surface area contributed by atoms with Crippen LogP contribution in [0, 0.1) is 5.92 Å². The molecule has 1 unspecified atom stereocenters. The van der Waals surface area contributed by atoms with Gasteiger partial charge < -0.3 is 4.57 Å². The first-order valence-electron chi connectivity index (χ1n) is 8.06. The Morgan fingerprint density at radius 1 is 1.29 bits per heavy atom. The fraction of sp³-hybridized carbons (Fsp3) is 0.421. The number of aromatic nitrogens is 1. The summed E-state index contributed by atoms with van der Waals surface area (Å²) in [7, 11) is 0. The van der Waals surface area contributed by atoms with E-state index in [1.165, 1.54) is 25.0 Å². The number of allylic oxidation sites excluding steroid dienone is 2. The third kappa shape index (κ3) is 2.94. The van der Waals surface area contributed by atoms with Crippen LogP contribution in [-0.4, -0.2) is 4.57 Å². The summed E-state index contributed by atoms with van der Waals surface area (Å²) < 4.78 is 2.37. The van der Waals surface area contributed by atoms with E-state index in [1.807, 2.05) is 24.3 Å². The Morgan fingerprint density at radius 2 is 2.14 bits per heavy atom. The highest BCUT2D eigenvalue weighted by Gasteiger charge is 2.19. The summed E-state index contributed by atoms with van der Waals surface area (Å²) in [6.45, 7) is 3.23. The topological polar surface area (TPSA) is 22.0 Å². The van der Waals surface area contributed by atoms with E-state index >= 15 is 0 Å². The van der Waals surface area contributed by atoms with Crippen LogP contribution in [0.25, 0.3) is 10.9 Å². The molecule has 0 fully saturated rings. The molecule has 0 spiro atoms. The Bertz CT molecular complexity index is 711.